The summed E-state index contributed by atoms with van der Waals surface area (Å²) < 4.78 is 6.77. The number of halogens is 1. The summed E-state index contributed by atoms with van der Waals surface area (Å²) in [6.45, 7) is 0. The number of nitrogens with zero attached hydrogens (tertiary/aromatic N) is 4. The zero-order valence-electron chi connectivity index (χ0n) is 9.91. The van der Waals surface area contributed by atoms with Crippen molar-refractivity contribution in [1.82, 2.24) is 19.9 Å². The van der Waals surface area contributed by atoms with Gasteiger partial charge in [-0.3, -0.25) is 4.68 Å². The molecular weight excluding hydrogens is 268 g/mol. The molecule has 0 saturated carbocycles. The SMILES string of the molecule is Cn1cc(-c2noc(-c3cc(Cl)ccc3O)n2)cn1. The predicted octanol–water partition coefficient (Wildman–Crippen LogP) is 2.50. The number of aromatic nitrogens is 4. The second kappa shape index (κ2) is 4.40. The van der Waals surface area contributed by atoms with Gasteiger partial charge in [0.25, 0.3) is 5.89 Å². The average Bonchev–Trinajstić information content (AvgIpc) is 3.00. The molecule has 0 unspecified atom stereocenters. The largest absolute Gasteiger partial charge is 0.507 e. The molecule has 0 saturated heterocycles. The normalized spacial score (nSPS) is 10.8. The molecule has 2 heterocycles. The summed E-state index contributed by atoms with van der Waals surface area (Å²) in [6, 6.07) is 4.63. The van der Waals surface area contributed by atoms with E-state index in [1.54, 1.807) is 36.3 Å². The topological polar surface area (TPSA) is 77.0 Å². The number of hydrogen-bond acceptors (Lipinski definition) is 5. The number of aryl methyl sites for hydroxylation is 1. The molecular formula is C12H9ClN4O2. The van der Waals surface area contributed by atoms with Gasteiger partial charge in [-0.1, -0.05) is 16.8 Å². The first-order valence-corrected chi connectivity index (χ1v) is 5.83. The summed E-state index contributed by atoms with van der Waals surface area (Å²) in [6.07, 6.45) is 3.40. The van der Waals surface area contributed by atoms with Crippen LogP contribution in [0.5, 0.6) is 5.75 Å². The first-order chi connectivity index (χ1) is 9.13. The second-order valence-electron chi connectivity index (χ2n) is 3.99. The van der Waals surface area contributed by atoms with Gasteiger partial charge < -0.3 is 9.63 Å². The Kier molecular flexibility index (Phi) is 2.72. The Labute approximate surface area is 113 Å². The Balaban J connectivity index is 2.03. The highest BCUT2D eigenvalue weighted by atomic mass is 35.5. The minimum atomic E-state index is 0.0331. The third kappa shape index (κ3) is 2.17. The molecule has 2 aromatic heterocycles. The van der Waals surface area contributed by atoms with Crippen LogP contribution in [0.3, 0.4) is 0 Å². The maximum atomic E-state index is 9.77. The summed E-state index contributed by atoms with van der Waals surface area (Å²) in [5.41, 5.74) is 1.13. The van der Waals surface area contributed by atoms with Crippen molar-refractivity contribution >= 4 is 11.6 Å². The van der Waals surface area contributed by atoms with E-state index in [1.165, 1.54) is 6.07 Å². The average molecular weight is 277 g/mol. The molecule has 0 radical (unpaired) electrons. The van der Waals surface area contributed by atoms with Gasteiger partial charge in [-0.05, 0) is 18.2 Å². The van der Waals surface area contributed by atoms with Crippen LogP contribution >= 0.6 is 11.6 Å². The Hall–Kier alpha value is -2.34. The molecule has 96 valence electrons. The van der Waals surface area contributed by atoms with Gasteiger partial charge in [0.15, 0.2) is 0 Å². The molecule has 0 bridgehead atoms. The fourth-order valence-electron chi connectivity index (χ4n) is 1.67. The van der Waals surface area contributed by atoms with Crippen molar-refractivity contribution in [2.45, 2.75) is 0 Å². The molecule has 0 amide bonds. The fourth-order valence-corrected chi connectivity index (χ4v) is 1.84. The molecule has 0 aliphatic rings. The molecule has 0 fully saturated rings. The van der Waals surface area contributed by atoms with E-state index in [-0.39, 0.29) is 11.6 Å². The van der Waals surface area contributed by atoms with Gasteiger partial charge in [0, 0.05) is 18.3 Å². The van der Waals surface area contributed by atoms with Crippen LogP contribution in [0.15, 0.2) is 35.1 Å². The molecule has 0 atom stereocenters. The summed E-state index contributed by atoms with van der Waals surface area (Å²) in [5.74, 6) is 0.645. The first-order valence-electron chi connectivity index (χ1n) is 5.45. The van der Waals surface area contributed by atoms with E-state index in [0.29, 0.717) is 16.4 Å². The molecule has 3 rings (SSSR count). The zero-order valence-corrected chi connectivity index (χ0v) is 10.7. The van der Waals surface area contributed by atoms with Gasteiger partial charge in [0.1, 0.15) is 5.75 Å². The van der Waals surface area contributed by atoms with Crippen LogP contribution in [0.2, 0.25) is 5.02 Å². The van der Waals surface area contributed by atoms with Crippen molar-refractivity contribution in [2.24, 2.45) is 7.05 Å². The molecule has 6 nitrogen and oxygen atoms in total. The lowest BCUT2D eigenvalue weighted by Crippen LogP contribution is -1.84. The van der Waals surface area contributed by atoms with E-state index in [0.717, 1.165) is 5.56 Å². The molecule has 19 heavy (non-hydrogen) atoms. The third-order valence-electron chi connectivity index (χ3n) is 2.58. The Morgan fingerprint density at radius 3 is 2.95 bits per heavy atom. The zero-order chi connectivity index (χ0) is 13.4. The lowest BCUT2D eigenvalue weighted by atomic mass is 10.2. The van der Waals surface area contributed by atoms with Crippen molar-refractivity contribution < 1.29 is 9.63 Å². The number of benzene rings is 1. The summed E-state index contributed by atoms with van der Waals surface area (Å²) in [7, 11) is 1.80. The maximum Gasteiger partial charge on any atom is 0.262 e. The molecule has 1 N–H and O–H groups in total. The minimum absolute atomic E-state index is 0.0331. The van der Waals surface area contributed by atoms with Gasteiger partial charge >= 0.3 is 0 Å². The van der Waals surface area contributed by atoms with E-state index in [2.05, 4.69) is 15.2 Å². The van der Waals surface area contributed by atoms with E-state index >= 15 is 0 Å². The second-order valence-corrected chi connectivity index (χ2v) is 4.42. The number of rotatable bonds is 2. The van der Waals surface area contributed by atoms with Gasteiger partial charge in [-0.15, -0.1) is 0 Å². The quantitative estimate of drug-likeness (QED) is 0.778. The monoisotopic (exact) mass is 276 g/mol. The molecule has 7 heteroatoms. The van der Waals surface area contributed by atoms with Crippen LogP contribution in [0, 0.1) is 0 Å². The van der Waals surface area contributed by atoms with E-state index in [4.69, 9.17) is 16.1 Å². The molecule has 3 aromatic rings. The van der Waals surface area contributed by atoms with Crippen LogP contribution in [0.1, 0.15) is 0 Å². The van der Waals surface area contributed by atoms with Crippen molar-refractivity contribution in [1.29, 1.82) is 0 Å². The Bertz CT molecular complexity index is 735. The molecule has 0 spiro atoms. The lowest BCUT2D eigenvalue weighted by molar-refractivity contribution is 0.426. The summed E-state index contributed by atoms with van der Waals surface area (Å²) >= 11 is 5.88. The molecule has 1 aromatic carbocycles. The van der Waals surface area contributed by atoms with Crippen molar-refractivity contribution in [3.05, 3.63) is 35.6 Å². The van der Waals surface area contributed by atoms with Crippen LogP contribution in [-0.2, 0) is 7.05 Å². The van der Waals surface area contributed by atoms with Crippen LogP contribution < -0.4 is 0 Å². The number of hydrogen-bond donors (Lipinski definition) is 1. The number of aromatic hydroxyl groups is 1. The highest BCUT2D eigenvalue weighted by Crippen LogP contribution is 2.31. The lowest BCUT2D eigenvalue weighted by Gasteiger charge is -1.98. The van der Waals surface area contributed by atoms with E-state index in [9.17, 15) is 5.11 Å². The van der Waals surface area contributed by atoms with Gasteiger partial charge in [-0.2, -0.15) is 10.1 Å². The number of phenols is 1. The highest BCUT2D eigenvalue weighted by Gasteiger charge is 2.15. The minimum Gasteiger partial charge on any atom is -0.507 e. The molecule has 0 aliphatic carbocycles. The van der Waals surface area contributed by atoms with Crippen LogP contribution in [0.25, 0.3) is 22.8 Å². The fraction of sp³-hybridized carbons (Fsp3) is 0.0833. The van der Waals surface area contributed by atoms with E-state index < -0.39 is 0 Å². The van der Waals surface area contributed by atoms with Gasteiger partial charge in [-0.25, -0.2) is 0 Å². The van der Waals surface area contributed by atoms with Crippen molar-refractivity contribution in [3.63, 3.8) is 0 Å². The Morgan fingerprint density at radius 2 is 2.21 bits per heavy atom. The summed E-state index contributed by atoms with van der Waals surface area (Å²) in [5, 5.41) is 18.1. The van der Waals surface area contributed by atoms with E-state index in [1.807, 2.05) is 0 Å². The standard InChI is InChI=1S/C12H9ClN4O2/c1-17-6-7(5-14-17)11-15-12(19-16-11)9-4-8(13)2-3-10(9)18/h2-6,18H,1H3. The predicted molar refractivity (Wildman–Crippen MR) is 68.6 cm³/mol. The molecule has 0 aliphatic heterocycles. The van der Waals surface area contributed by atoms with Crippen LogP contribution in [0.4, 0.5) is 0 Å². The summed E-state index contributed by atoms with van der Waals surface area (Å²) in [4.78, 5) is 4.22. The van der Waals surface area contributed by atoms with Gasteiger partial charge in [0.05, 0.1) is 17.3 Å². The smallest absolute Gasteiger partial charge is 0.262 e. The number of phenolic OH excluding ortho intramolecular Hbond substituents is 1. The Morgan fingerprint density at radius 1 is 1.37 bits per heavy atom. The van der Waals surface area contributed by atoms with Gasteiger partial charge in [0.2, 0.25) is 5.82 Å². The highest BCUT2D eigenvalue weighted by molar-refractivity contribution is 6.30. The van der Waals surface area contributed by atoms with Crippen molar-refractivity contribution in [2.75, 3.05) is 0 Å². The first kappa shape index (κ1) is 11.7. The van der Waals surface area contributed by atoms with Crippen molar-refractivity contribution in [3.8, 4) is 28.6 Å². The van der Waals surface area contributed by atoms with Crippen LogP contribution in [-0.4, -0.2) is 25.0 Å². The maximum absolute atomic E-state index is 9.77. The third-order valence-corrected chi connectivity index (χ3v) is 2.81.